The average Bonchev–Trinajstić information content (AvgIpc) is 3.18. The molecule has 0 amide bonds. The van der Waals surface area contributed by atoms with Crippen LogP contribution in [-0.2, 0) is 0 Å². The number of benzene rings is 7. The lowest BCUT2D eigenvalue weighted by Crippen LogP contribution is -2.00. The Morgan fingerprint density at radius 1 is 0.364 bits per heavy atom. The molecule has 0 aliphatic heterocycles. The third kappa shape index (κ3) is 4.81. The van der Waals surface area contributed by atoms with Gasteiger partial charge in [0.1, 0.15) is 0 Å². The summed E-state index contributed by atoms with van der Waals surface area (Å²) in [5, 5.41) is 2.12. The van der Waals surface area contributed by atoms with Crippen LogP contribution in [0.2, 0.25) is 0 Å². The van der Waals surface area contributed by atoms with Gasteiger partial charge < -0.3 is 0 Å². The van der Waals surface area contributed by atoms with E-state index in [1.807, 2.05) is 66.7 Å². The third-order valence-electron chi connectivity index (χ3n) is 7.64. The van der Waals surface area contributed by atoms with Crippen LogP contribution in [0, 0.1) is 0 Å². The molecule has 1 heterocycles. The Morgan fingerprint density at radius 2 is 1.00 bits per heavy atom. The molecular formula is C41H27N3. The lowest BCUT2D eigenvalue weighted by molar-refractivity contribution is 1.08. The number of rotatable bonds is 5. The minimum Gasteiger partial charge on any atom is -0.208 e. The van der Waals surface area contributed by atoms with E-state index < -0.39 is 42.3 Å². The summed E-state index contributed by atoms with van der Waals surface area (Å²) in [7, 11) is 0. The van der Waals surface area contributed by atoms with E-state index in [9.17, 15) is 0 Å². The molecule has 0 bridgehead atoms. The number of hydrogen-bond acceptors (Lipinski definition) is 3. The van der Waals surface area contributed by atoms with Crippen LogP contribution in [-0.4, -0.2) is 15.0 Å². The quantitative estimate of drug-likeness (QED) is 0.207. The Morgan fingerprint density at radius 3 is 1.89 bits per heavy atom. The van der Waals surface area contributed by atoms with Crippen LogP contribution in [0.4, 0.5) is 0 Å². The Balaban J connectivity index is 1.29. The highest BCUT2D eigenvalue weighted by atomic mass is 15.0. The largest absolute Gasteiger partial charge is 0.208 e. The molecule has 0 radical (unpaired) electrons. The molecule has 7 aromatic carbocycles. The van der Waals surface area contributed by atoms with Gasteiger partial charge in [-0.15, -0.1) is 0 Å². The fourth-order valence-corrected chi connectivity index (χ4v) is 5.47. The average molecular weight is 569 g/mol. The van der Waals surface area contributed by atoms with Gasteiger partial charge in [0.15, 0.2) is 17.5 Å². The molecule has 0 spiro atoms. The molecule has 0 aliphatic rings. The molecule has 0 N–H and O–H groups in total. The predicted octanol–water partition coefficient (Wildman–Crippen LogP) is 10.5. The van der Waals surface area contributed by atoms with E-state index in [1.54, 1.807) is 0 Å². The van der Waals surface area contributed by atoms with Crippen LogP contribution < -0.4 is 0 Å². The van der Waals surface area contributed by atoms with Gasteiger partial charge >= 0.3 is 0 Å². The maximum atomic E-state index is 8.91. The lowest BCUT2D eigenvalue weighted by atomic mass is 9.96. The van der Waals surface area contributed by atoms with Crippen molar-refractivity contribution in [3.05, 3.63) is 164 Å². The second kappa shape index (κ2) is 11.0. The van der Waals surface area contributed by atoms with E-state index in [1.165, 1.54) is 10.8 Å². The summed E-state index contributed by atoms with van der Waals surface area (Å²) in [6.07, 6.45) is 0. The Bertz CT molecular complexity index is 2650. The highest BCUT2D eigenvalue weighted by Gasteiger charge is 2.15. The zero-order valence-electron chi connectivity index (χ0n) is 30.4. The lowest BCUT2D eigenvalue weighted by Gasteiger charge is -2.11. The Hall–Kier alpha value is -5.93. The van der Waals surface area contributed by atoms with Gasteiger partial charge in [-0.05, 0) is 49.9 Å². The molecule has 0 fully saturated rings. The Labute approximate surface area is 266 Å². The van der Waals surface area contributed by atoms with Gasteiger partial charge in [0.05, 0.1) is 9.60 Å². The van der Waals surface area contributed by atoms with Gasteiger partial charge in [0, 0.05) is 16.7 Å². The van der Waals surface area contributed by atoms with Crippen molar-refractivity contribution in [2.75, 3.05) is 0 Å². The SMILES string of the molecule is [2H]c1c([2H])c([2H])c2c(-c3nc(-c4ccccc4)nc(-c4cccc(-c5ccc(-c6cccc7ccccc67)cc5)c4)n3)c([2H])c([2H])c([2H])c2c1[2H]. The fraction of sp³-hybridized carbons (Fsp3) is 0. The minimum atomic E-state index is -0.521. The van der Waals surface area contributed by atoms with Crippen molar-refractivity contribution < 1.29 is 9.60 Å². The van der Waals surface area contributed by atoms with Gasteiger partial charge in [0.2, 0.25) is 0 Å². The first-order chi connectivity index (χ1) is 24.7. The molecule has 1 aromatic heterocycles. The summed E-state index contributed by atoms with van der Waals surface area (Å²) < 4.78 is 59.9. The van der Waals surface area contributed by atoms with Crippen LogP contribution in [0.3, 0.4) is 0 Å². The molecule has 0 saturated heterocycles. The predicted molar refractivity (Wildman–Crippen MR) is 182 cm³/mol. The fourth-order valence-electron chi connectivity index (χ4n) is 5.47. The molecule has 3 nitrogen and oxygen atoms in total. The first-order valence-electron chi connectivity index (χ1n) is 17.7. The van der Waals surface area contributed by atoms with Crippen molar-refractivity contribution >= 4 is 21.5 Å². The van der Waals surface area contributed by atoms with Crippen molar-refractivity contribution in [1.82, 2.24) is 15.0 Å². The summed E-state index contributed by atoms with van der Waals surface area (Å²) in [5.74, 6) is 0.537. The number of hydrogen-bond donors (Lipinski definition) is 0. The molecule has 206 valence electrons. The van der Waals surface area contributed by atoms with E-state index in [-0.39, 0.29) is 33.8 Å². The van der Waals surface area contributed by atoms with Crippen molar-refractivity contribution in [2.45, 2.75) is 0 Å². The summed E-state index contributed by atoms with van der Waals surface area (Å²) in [5.41, 5.74) is 5.44. The van der Waals surface area contributed by atoms with Crippen LogP contribution in [0.15, 0.2) is 164 Å². The topological polar surface area (TPSA) is 38.7 Å². The second-order valence-electron chi connectivity index (χ2n) is 10.4. The van der Waals surface area contributed by atoms with Crippen molar-refractivity contribution in [3.63, 3.8) is 0 Å². The number of fused-ring (bicyclic) bond motifs is 2. The smallest absolute Gasteiger partial charge is 0.164 e. The minimum absolute atomic E-state index is 0.0303. The third-order valence-corrected chi connectivity index (χ3v) is 7.64. The maximum Gasteiger partial charge on any atom is 0.164 e. The number of nitrogens with zero attached hydrogens (tertiary/aromatic N) is 3. The molecule has 44 heavy (non-hydrogen) atoms. The number of aromatic nitrogens is 3. The van der Waals surface area contributed by atoms with E-state index in [0.29, 0.717) is 11.1 Å². The molecule has 0 aliphatic carbocycles. The van der Waals surface area contributed by atoms with Crippen LogP contribution >= 0.6 is 0 Å². The second-order valence-corrected chi connectivity index (χ2v) is 10.4. The highest BCUT2D eigenvalue weighted by Crippen LogP contribution is 2.33. The van der Waals surface area contributed by atoms with E-state index >= 15 is 0 Å². The maximum absolute atomic E-state index is 8.91. The molecule has 8 rings (SSSR count). The Kier molecular flexibility index (Phi) is 4.85. The van der Waals surface area contributed by atoms with Gasteiger partial charge in [-0.1, -0.05) is 158 Å². The van der Waals surface area contributed by atoms with Crippen molar-refractivity contribution in [1.29, 1.82) is 0 Å². The summed E-state index contributed by atoms with van der Waals surface area (Å²) in [4.78, 5) is 14.3. The summed E-state index contributed by atoms with van der Waals surface area (Å²) >= 11 is 0. The molecule has 3 heteroatoms. The monoisotopic (exact) mass is 568 g/mol. The zero-order chi connectivity index (χ0) is 35.4. The van der Waals surface area contributed by atoms with Gasteiger partial charge in [-0.2, -0.15) is 0 Å². The van der Waals surface area contributed by atoms with Gasteiger partial charge in [-0.3, -0.25) is 0 Å². The normalized spacial score (nSPS) is 13.4. The van der Waals surface area contributed by atoms with Crippen molar-refractivity contribution in [2.24, 2.45) is 0 Å². The van der Waals surface area contributed by atoms with Crippen LogP contribution in [0.5, 0.6) is 0 Å². The van der Waals surface area contributed by atoms with E-state index in [4.69, 9.17) is 24.5 Å². The first-order valence-corrected chi connectivity index (χ1v) is 14.2. The van der Waals surface area contributed by atoms with Crippen LogP contribution in [0.1, 0.15) is 9.60 Å². The summed E-state index contributed by atoms with van der Waals surface area (Å²) in [6, 6.07) is 36.7. The van der Waals surface area contributed by atoms with Gasteiger partial charge in [0.25, 0.3) is 0 Å². The van der Waals surface area contributed by atoms with Crippen molar-refractivity contribution in [3.8, 4) is 56.4 Å². The standard InChI is InChI=1S/C41H27N3/c1-2-13-32(14-3-1)39-42-40(44-41(43-39)38-22-10-16-30-12-5-7-20-37(30)38)34-18-8-17-33(27-34)28-23-25-31(26-24-28)36-21-9-15-29-11-4-6-19-35(29)36/h1-27H/i5D,7D,10D,12D,16D,20D,22D. The molecule has 0 saturated carbocycles. The zero-order valence-corrected chi connectivity index (χ0v) is 23.4. The first kappa shape index (κ1) is 19.3. The van der Waals surface area contributed by atoms with E-state index in [0.717, 1.165) is 22.3 Å². The van der Waals surface area contributed by atoms with E-state index in [2.05, 4.69) is 54.6 Å². The molecular weight excluding hydrogens is 534 g/mol. The molecule has 0 unspecified atom stereocenters. The van der Waals surface area contributed by atoms with Crippen LogP contribution in [0.25, 0.3) is 78.0 Å². The summed E-state index contributed by atoms with van der Waals surface area (Å²) in [6.45, 7) is 0. The molecule has 8 aromatic rings. The molecule has 0 atom stereocenters. The van der Waals surface area contributed by atoms with Gasteiger partial charge in [-0.25, -0.2) is 15.0 Å². The highest BCUT2D eigenvalue weighted by molar-refractivity contribution is 5.97.